The van der Waals surface area contributed by atoms with E-state index in [1.807, 2.05) is 78.9 Å². The molecule has 7 N–H and O–H groups in total. The maximum atomic E-state index is 11.4. The zero-order chi connectivity index (χ0) is 68.8. The summed E-state index contributed by atoms with van der Waals surface area (Å²) in [5, 5.41) is 69.4. The molecule has 94 heavy (non-hydrogen) atoms. The lowest BCUT2D eigenvalue weighted by molar-refractivity contribution is -0.148. The molecule has 504 valence electrons. The summed E-state index contributed by atoms with van der Waals surface area (Å²) in [4.78, 5) is 130. The zero-order valence-electron chi connectivity index (χ0n) is 51.9. The van der Waals surface area contributed by atoms with Gasteiger partial charge in [-0.05, 0) is 162 Å². The first-order chi connectivity index (χ1) is 45.2. The molecule has 0 saturated carbocycles. The van der Waals surface area contributed by atoms with Crippen LogP contribution in [0.2, 0.25) is 0 Å². The predicted molar refractivity (Wildman–Crippen MR) is 339 cm³/mol. The van der Waals surface area contributed by atoms with Crippen LogP contribution in [0, 0.1) is 17.8 Å². The minimum atomic E-state index is -1.17. The van der Waals surface area contributed by atoms with Crippen molar-refractivity contribution in [3.05, 3.63) is 143 Å². The Morgan fingerprint density at radius 3 is 1.02 bits per heavy atom. The van der Waals surface area contributed by atoms with Gasteiger partial charge >= 0.3 is 41.8 Å². The second-order valence-corrected chi connectivity index (χ2v) is 22.4. The smallest absolute Gasteiger partial charge is 0.307 e. The number of carboxylic acid groups (broad SMARTS) is 7. The molecule has 24 nitrogen and oxygen atoms in total. The molecule has 0 heterocycles. The summed E-state index contributed by atoms with van der Waals surface area (Å²) < 4.78 is 24.3. The molecule has 0 aliphatic carbocycles. The van der Waals surface area contributed by atoms with E-state index in [4.69, 9.17) is 39.4 Å². The average Bonchev–Trinajstić information content (AvgIpc) is 0.839. The molecule has 6 unspecified atom stereocenters. The van der Waals surface area contributed by atoms with Crippen LogP contribution in [0.4, 0.5) is 0 Å². The first-order valence-corrected chi connectivity index (χ1v) is 30.7. The van der Waals surface area contributed by atoms with E-state index in [0.717, 1.165) is 85.8 Å². The molecular weight excluding hydrogens is 1220 g/mol. The molecule has 0 amide bonds. The fraction of sp³-hybridized carbons (Fsp3) is 0.400. The predicted octanol–water partition coefficient (Wildman–Crippen LogP) is 9.65. The van der Waals surface area contributed by atoms with E-state index >= 15 is 0 Å². The van der Waals surface area contributed by atoms with Gasteiger partial charge in [0.25, 0.3) is 32.4 Å². The van der Waals surface area contributed by atoms with Gasteiger partial charge in [0.15, 0.2) is 0 Å². The number of ether oxygens (including phenoxy) is 5. The molecular formula is C70H80O24. The van der Waals surface area contributed by atoms with Crippen molar-refractivity contribution in [1.82, 2.24) is 0 Å². The van der Waals surface area contributed by atoms with Gasteiger partial charge in [0, 0.05) is 19.3 Å². The lowest BCUT2D eigenvalue weighted by Crippen LogP contribution is -2.22. The fourth-order valence-electron chi connectivity index (χ4n) is 11.2. The summed E-state index contributed by atoms with van der Waals surface area (Å²) >= 11 is 0. The molecule has 0 saturated heterocycles. The summed E-state index contributed by atoms with van der Waals surface area (Å²) in [7, 11) is 0. The standard InChI is InChI=1S/C26H32O8.C24H28O8.C20H20O8/c27-17-34-21(14-16-25(30)31)8-4-6-19-12-11-18(22-9-1-2-10-23(19)22)5-3-7-20(26(32)33)13-15-24(28)29;25-15-31-14-20(32-16-26)8-4-6-18-12-11-17(21-9-1-2-10-22(18)21)5-3-7-19(24(29)30)13-23(27)28;21-11-27-10-16(28-12-22)8-14-6-5-13(17-3-1-2-4-18(14)17)7-15(20(25)26)9-19(23)24/h1-2,9-12,17,20-21H,3-8,13-16H2,(H,28,29)(H,30,31)(H,32,33);1-2,9-12,15-16,19-20H,3-8,13-14H2,(H,27,28)(H,29,30);1-6,11-12,15-16H,7-10H2,(H,23,24)(H,25,26). The third-order valence-electron chi connectivity index (χ3n) is 15.9. The van der Waals surface area contributed by atoms with Crippen molar-refractivity contribution in [2.24, 2.45) is 17.8 Å². The Morgan fingerprint density at radius 2 is 0.638 bits per heavy atom. The Labute approximate surface area is 541 Å². The van der Waals surface area contributed by atoms with Gasteiger partial charge in [-0.15, -0.1) is 0 Å². The summed E-state index contributed by atoms with van der Waals surface area (Å²) in [6, 6.07) is 35.0. The first kappa shape index (κ1) is 76.2. The van der Waals surface area contributed by atoms with Gasteiger partial charge in [0.05, 0.1) is 30.6 Å². The Kier molecular flexibility index (Phi) is 34.0. The number of carboxylic acids is 7. The van der Waals surface area contributed by atoms with Gasteiger partial charge in [0.1, 0.15) is 31.5 Å². The average molecular weight is 1310 g/mol. The number of aliphatic carboxylic acids is 7. The summed E-state index contributed by atoms with van der Waals surface area (Å²) in [6.07, 6.45) is 5.63. The van der Waals surface area contributed by atoms with Gasteiger partial charge in [0.2, 0.25) is 0 Å². The monoisotopic (exact) mass is 1300 g/mol. The normalized spacial score (nSPS) is 12.7. The fourth-order valence-corrected chi connectivity index (χ4v) is 11.2. The SMILES string of the molecule is O=COC(CCCc1ccc(CCCC(CCC(=O)O)C(=O)O)c2ccccc12)CCC(=O)O.O=COCC(CCCc1ccc(CCCC(CC(=O)O)C(=O)O)c2ccccc12)OC=O.O=COCC(Cc1ccc(CC(CC(=O)O)C(=O)O)c2ccccc12)OC=O. The van der Waals surface area contributed by atoms with Gasteiger partial charge in [-0.25, -0.2) is 0 Å². The molecule has 0 aliphatic rings. The van der Waals surface area contributed by atoms with Crippen LogP contribution in [0.3, 0.4) is 0 Å². The number of carbonyl (C=O) groups excluding carboxylic acids is 5. The van der Waals surface area contributed by atoms with Crippen LogP contribution in [0.5, 0.6) is 0 Å². The van der Waals surface area contributed by atoms with E-state index in [9.17, 15) is 72.9 Å². The van der Waals surface area contributed by atoms with Crippen molar-refractivity contribution in [1.29, 1.82) is 0 Å². The summed E-state index contributed by atoms with van der Waals surface area (Å²) in [5.41, 5.74) is 6.03. The molecule has 6 aromatic carbocycles. The summed E-state index contributed by atoms with van der Waals surface area (Å²) in [5.74, 6) is -9.98. The van der Waals surface area contributed by atoms with Crippen molar-refractivity contribution < 1.29 is 117 Å². The van der Waals surface area contributed by atoms with E-state index in [0.29, 0.717) is 89.2 Å². The highest BCUT2D eigenvalue weighted by Gasteiger charge is 2.25. The van der Waals surface area contributed by atoms with Crippen LogP contribution in [-0.4, -0.2) is 141 Å². The van der Waals surface area contributed by atoms with Crippen molar-refractivity contribution in [2.45, 2.75) is 147 Å². The number of hydrogen-bond acceptors (Lipinski definition) is 17. The number of carbonyl (C=O) groups is 12. The molecule has 0 aliphatic heterocycles. The maximum Gasteiger partial charge on any atom is 0.307 e. The molecule has 0 spiro atoms. The van der Waals surface area contributed by atoms with Gasteiger partial charge in [-0.2, -0.15) is 0 Å². The van der Waals surface area contributed by atoms with Crippen LogP contribution >= 0.6 is 0 Å². The van der Waals surface area contributed by atoms with E-state index in [1.165, 1.54) is 0 Å². The summed E-state index contributed by atoms with van der Waals surface area (Å²) in [6.45, 7) is 1.56. The van der Waals surface area contributed by atoms with Gasteiger partial charge < -0.3 is 59.4 Å². The Hall–Kier alpha value is -10.3. The Morgan fingerprint density at radius 1 is 0.319 bits per heavy atom. The lowest BCUT2D eigenvalue weighted by Gasteiger charge is -2.18. The number of hydrogen-bond donors (Lipinski definition) is 7. The molecule has 24 heteroatoms. The van der Waals surface area contributed by atoms with Crippen molar-refractivity contribution in [2.75, 3.05) is 13.2 Å². The molecule has 0 fully saturated rings. The Balaban J connectivity index is 0.000000302. The van der Waals surface area contributed by atoms with Crippen LogP contribution in [0.15, 0.2) is 109 Å². The molecule has 6 aromatic rings. The lowest BCUT2D eigenvalue weighted by atomic mass is 9.90. The van der Waals surface area contributed by atoms with E-state index in [1.54, 1.807) is 18.2 Å². The van der Waals surface area contributed by atoms with Crippen LogP contribution in [0.1, 0.15) is 123 Å². The van der Waals surface area contributed by atoms with E-state index < -0.39 is 84.3 Å². The highest BCUT2D eigenvalue weighted by atomic mass is 16.6. The minimum absolute atomic E-state index is 0.0289. The Bertz CT molecular complexity index is 3490. The largest absolute Gasteiger partial charge is 0.481 e. The van der Waals surface area contributed by atoms with Gasteiger partial charge in [-0.3, -0.25) is 57.5 Å². The van der Waals surface area contributed by atoms with E-state index in [2.05, 4.69) is 16.9 Å². The van der Waals surface area contributed by atoms with Crippen molar-refractivity contribution in [3.8, 4) is 0 Å². The highest BCUT2D eigenvalue weighted by molar-refractivity contribution is 5.91. The molecule has 0 radical (unpaired) electrons. The number of aryl methyl sites for hydroxylation is 4. The van der Waals surface area contributed by atoms with E-state index in [-0.39, 0.29) is 58.2 Å². The van der Waals surface area contributed by atoms with Crippen LogP contribution in [0.25, 0.3) is 32.3 Å². The maximum absolute atomic E-state index is 11.4. The zero-order valence-corrected chi connectivity index (χ0v) is 51.9. The third-order valence-corrected chi connectivity index (χ3v) is 15.9. The molecule has 6 atom stereocenters. The minimum Gasteiger partial charge on any atom is -0.481 e. The number of rotatable bonds is 45. The number of benzene rings is 6. The third kappa shape index (κ3) is 26.9. The second kappa shape index (κ2) is 42.0. The van der Waals surface area contributed by atoms with Gasteiger partial charge in [-0.1, -0.05) is 109 Å². The quantitative estimate of drug-likeness (QED) is 0.0138. The second-order valence-electron chi connectivity index (χ2n) is 22.4. The number of fused-ring (bicyclic) bond motifs is 3. The highest BCUT2D eigenvalue weighted by Crippen LogP contribution is 2.31. The molecule has 6 rings (SSSR count). The topological polar surface area (TPSA) is 393 Å². The van der Waals surface area contributed by atoms with Crippen LogP contribution in [-0.2, 0) is 120 Å². The van der Waals surface area contributed by atoms with Crippen molar-refractivity contribution in [3.63, 3.8) is 0 Å². The van der Waals surface area contributed by atoms with Crippen molar-refractivity contribution >= 4 is 106 Å². The van der Waals surface area contributed by atoms with Crippen LogP contribution < -0.4 is 0 Å². The molecule has 0 bridgehead atoms. The molecule has 0 aromatic heterocycles. The first-order valence-electron chi connectivity index (χ1n) is 30.7.